The molecule has 0 aliphatic rings. The average Bonchev–Trinajstić information content (AvgIpc) is 3.93. The molecular formula is C64H44N6. The lowest BCUT2D eigenvalue weighted by Gasteiger charge is -2.19. The van der Waals surface area contributed by atoms with Crippen molar-refractivity contribution >= 4 is 43.6 Å². The first-order valence-corrected chi connectivity index (χ1v) is 23.7. The molecule has 9 aromatic carbocycles. The second-order valence-corrected chi connectivity index (χ2v) is 18.1. The van der Waals surface area contributed by atoms with Crippen LogP contribution >= 0.6 is 0 Å². The third kappa shape index (κ3) is 7.04. The van der Waals surface area contributed by atoms with Crippen molar-refractivity contribution in [2.45, 2.75) is 13.8 Å². The van der Waals surface area contributed by atoms with Gasteiger partial charge in [-0.2, -0.15) is 0 Å². The molecule has 0 spiro atoms. The van der Waals surface area contributed by atoms with Crippen molar-refractivity contribution in [2.24, 2.45) is 0 Å². The molecule has 0 saturated heterocycles. The quantitative estimate of drug-likeness (QED) is 0.152. The Morgan fingerprint density at radius 3 is 1.27 bits per heavy atom. The molecule has 0 unspecified atom stereocenters. The van der Waals surface area contributed by atoms with Gasteiger partial charge in [0, 0.05) is 55.6 Å². The van der Waals surface area contributed by atoms with E-state index in [1.54, 1.807) is 0 Å². The van der Waals surface area contributed by atoms with Gasteiger partial charge in [0.25, 0.3) is 0 Å². The molecule has 0 atom stereocenters. The smallest absolute Gasteiger partial charge is 0.164 e. The van der Waals surface area contributed by atoms with Crippen LogP contribution < -0.4 is 0 Å². The van der Waals surface area contributed by atoms with E-state index in [0.29, 0.717) is 17.5 Å². The molecule has 0 N–H and O–H groups in total. The maximum absolute atomic E-state index is 5.22. The van der Waals surface area contributed by atoms with Gasteiger partial charge in [0.1, 0.15) is 0 Å². The summed E-state index contributed by atoms with van der Waals surface area (Å²) in [5, 5.41) is 4.71. The standard InChI is InChI=1S/C64H44N6/c1-41-15-13-21-45(35-41)47-28-31-58-54(37-47)50-23-9-11-25-56(50)69(58)60-39-49(64-67-62(43-17-5-3-6-18-43)66-63(68-64)44-19-7-4-8-20-44)27-30-52(60)53-33-34-65-40-61(53)70-57-26-12-10-24-51(57)55-38-48(29-32-59(55)70)46-22-14-16-42(2)36-46/h3-40H,1-2H3. The zero-order valence-corrected chi connectivity index (χ0v) is 38.6. The van der Waals surface area contributed by atoms with Gasteiger partial charge in [0.2, 0.25) is 0 Å². The van der Waals surface area contributed by atoms with Gasteiger partial charge in [-0.1, -0.05) is 181 Å². The predicted molar refractivity (Wildman–Crippen MR) is 288 cm³/mol. The van der Waals surface area contributed by atoms with Crippen molar-refractivity contribution in [3.63, 3.8) is 0 Å². The van der Waals surface area contributed by atoms with Crippen molar-refractivity contribution in [1.82, 2.24) is 29.1 Å². The Balaban J connectivity index is 1.08. The molecule has 0 fully saturated rings. The van der Waals surface area contributed by atoms with Gasteiger partial charge in [-0.05, 0) is 84.6 Å². The molecule has 0 saturated carbocycles. The first-order chi connectivity index (χ1) is 34.5. The third-order valence-corrected chi connectivity index (χ3v) is 13.6. The highest BCUT2D eigenvalue weighted by molar-refractivity contribution is 6.13. The molecular weight excluding hydrogens is 853 g/mol. The maximum Gasteiger partial charge on any atom is 0.164 e. The number of nitrogens with zero attached hydrogens (tertiary/aromatic N) is 6. The van der Waals surface area contributed by atoms with Gasteiger partial charge in [0.05, 0.1) is 39.6 Å². The van der Waals surface area contributed by atoms with Crippen molar-refractivity contribution in [2.75, 3.05) is 0 Å². The first-order valence-electron chi connectivity index (χ1n) is 23.7. The molecule has 13 rings (SSSR count). The van der Waals surface area contributed by atoms with E-state index in [4.69, 9.17) is 19.9 Å². The fourth-order valence-corrected chi connectivity index (χ4v) is 10.3. The Labute approximate surface area is 405 Å². The van der Waals surface area contributed by atoms with E-state index in [2.05, 4.69) is 205 Å². The first kappa shape index (κ1) is 41.0. The van der Waals surface area contributed by atoms with E-state index in [-0.39, 0.29) is 0 Å². The number of hydrogen-bond donors (Lipinski definition) is 0. The van der Waals surface area contributed by atoms with E-state index in [0.717, 1.165) is 61.3 Å². The van der Waals surface area contributed by atoms with Crippen molar-refractivity contribution in [3.8, 4) is 78.9 Å². The van der Waals surface area contributed by atoms with Gasteiger partial charge in [0.15, 0.2) is 17.5 Å². The molecule has 0 aliphatic heterocycles. The third-order valence-electron chi connectivity index (χ3n) is 13.6. The van der Waals surface area contributed by atoms with E-state index in [1.165, 1.54) is 54.9 Å². The maximum atomic E-state index is 5.22. The summed E-state index contributed by atoms with van der Waals surface area (Å²) in [5.41, 5.74) is 18.4. The van der Waals surface area contributed by atoms with Crippen LogP contribution in [0.2, 0.25) is 0 Å². The number of para-hydroxylation sites is 2. The van der Waals surface area contributed by atoms with Gasteiger partial charge in [-0.25, -0.2) is 15.0 Å². The monoisotopic (exact) mass is 896 g/mol. The number of benzene rings is 9. The summed E-state index contributed by atoms with van der Waals surface area (Å²) in [7, 11) is 0. The number of fused-ring (bicyclic) bond motifs is 6. The number of aryl methyl sites for hydroxylation is 2. The summed E-state index contributed by atoms with van der Waals surface area (Å²) in [6.45, 7) is 4.30. The largest absolute Gasteiger partial charge is 0.309 e. The molecule has 0 aliphatic carbocycles. The summed E-state index contributed by atoms with van der Waals surface area (Å²) in [6, 6.07) is 77.8. The van der Waals surface area contributed by atoms with Crippen LogP contribution in [0.25, 0.3) is 123 Å². The molecule has 0 radical (unpaired) electrons. The summed E-state index contributed by atoms with van der Waals surface area (Å²) >= 11 is 0. The second kappa shape index (κ2) is 16.8. The highest BCUT2D eigenvalue weighted by atomic mass is 15.0. The van der Waals surface area contributed by atoms with Crippen molar-refractivity contribution in [1.29, 1.82) is 0 Å². The van der Waals surface area contributed by atoms with E-state index < -0.39 is 0 Å². The summed E-state index contributed by atoms with van der Waals surface area (Å²) < 4.78 is 4.81. The predicted octanol–water partition coefficient (Wildman–Crippen LogP) is 16.1. The van der Waals surface area contributed by atoms with E-state index >= 15 is 0 Å². The minimum Gasteiger partial charge on any atom is -0.309 e. The Hall–Kier alpha value is -9.26. The molecule has 13 aromatic rings. The van der Waals surface area contributed by atoms with Gasteiger partial charge < -0.3 is 9.13 Å². The number of rotatable bonds is 8. The number of hydrogen-bond acceptors (Lipinski definition) is 4. The van der Waals surface area contributed by atoms with Crippen LogP contribution in [0.15, 0.2) is 231 Å². The Morgan fingerprint density at radius 1 is 0.300 bits per heavy atom. The fourth-order valence-electron chi connectivity index (χ4n) is 10.3. The molecule has 70 heavy (non-hydrogen) atoms. The summed E-state index contributed by atoms with van der Waals surface area (Å²) in [6.07, 6.45) is 3.92. The van der Waals surface area contributed by atoms with Crippen LogP contribution in [-0.4, -0.2) is 29.1 Å². The molecule has 4 heterocycles. The van der Waals surface area contributed by atoms with Gasteiger partial charge in [-0.15, -0.1) is 0 Å². The number of pyridine rings is 1. The van der Waals surface area contributed by atoms with E-state index in [1.807, 2.05) is 48.8 Å². The minimum absolute atomic E-state index is 0.588. The molecule has 330 valence electrons. The van der Waals surface area contributed by atoms with Crippen LogP contribution in [0.5, 0.6) is 0 Å². The molecule has 6 nitrogen and oxygen atoms in total. The summed E-state index contributed by atoms with van der Waals surface area (Å²) in [5.74, 6) is 1.82. The highest BCUT2D eigenvalue weighted by Gasteiger charge is 2.23. The highest BCUT2D eigenvalue weighted by Crippen LogP contribution is 2.43. The van der Waals surface area contributed by atoms with Crippen LogP contribution in [0.3, 0.4) is 0 Å². The molecule has 4 aromatic heterocycles. The van der Waals surface area contributed by atoms with Crippen LogP contribution in [0, 0.1) is 13.8 Å². The SMILES string of the molecule is Cc1cccc(-c2ccc3c(c2)c2ccccc2n3-c2cnccc2-c2ccc(-c3nc(-c4ccccc4)nc(-c4ccccc4)n3)cc2-n2c3ccccc3c3cc(-c4cccc(C)c4)ccc32)c1. The van der Waals surface area contributed by atoms with Crippen molar-refractivity contribution < 1.29 is 0 Å². The Kier molecular flexibility index (Phi) is 9.84. The fraction of sp³-hybridized carbons (Fsp3) is 0.0312. The topological polar surface area (TPSA) is 61.4 Å². The Morgan fingerprint density at radius 2 is 0.729 bits per heavy atom. The van der Waals surface area contributed by atoms with Crippen molar-refractivity contribution in [3.05, 3.63) is 242 Å². The van der Waals surface area contributed by atoms with Crippen LogP contribution in [0.4, 0.5) is 0 Å². The zero-order valence-electron chi connectivity index (χ0n) is 38.6. The van der Waals surface area contributed by atoms with Gasteiger partial charge >= 0.3 is 0 Å². The zero-order chi connectivity index (χ0) is 46.7. The lowest BCUT2D eigenvalue weighted by molar-refractivity contribution is 1.07. The average molecular weight is 897 g/mol. The van der Waals surface area contributed by atoms with Crippen LogP contribution in [-0.2, 0) is 0 Å². The normalized spacial score (nSPS) is 11.6. The summed E-state index contributed by atoms with van der Waals surface area (Å²) in [4.78, 5) is 20.3. The van der Waals surface area contributed by atoms with E-state index in [9.17, 15) is 0 Å². The number of aromatic nitrogens is 6. The van der Waals surface area contributed by atoms with Crippen LogP contribution in [0.1, 0.15) is 11.1 Å². The minimum atomic E-state index is 0.588. The molecule has 6 heteroatoms. The lowest BCUT2D eigenvalue weighted by atomic mass is 9.99. The Bertz CT molecular complexity index is 4090. The molecule has 0 amide bonds. The lowest BCUT2D eigenvalue weighted by Crippen LogP contribution is -2.04. The molecule has 0 bridgehead atoms. The second-order valence-electron chi connectivity index (χ2n) is 18.1. The van der Waals surface area contributed by atoms with Gasteiger partial charge in [-0.3, -0.25) is 4.98 Å².